The monoisotopic (exact) mass is 526 g/mol. The maximum Gasteiger partial charge on any atom is 0.227 e. The topological polar surface area (TPSA) is 44.1 Å². The number of fused-ring (bicyclic) bond motifs is 8. The lowest BCUT2D eigenvalue weighted by atomic mass is 10.0. The number of aromatic nitrogens is 2. The van der Waals surface area contributed by atoms with Gasteiger partial charge in [-0.2, -0.15) is 0 Å². The highest BCUT2D eigenvalue weighted by Crippen LogP contribution is 2.38. The van der Waals surface area contributed by atoms with Gasteiger partial charge < -0.3 is 13.4 Å². The fourth-order valence-electron chi connectivity index (χ4n) is 6.14. The molecule has 0 spiro atoms. The molecule has 0 aliphatic rings. The van der Waals surface area contributed by atoms with Crippen molar-refractivity contribution in [3.63, 3.8) is 0 Å². The largest absolute Gasteiger partial charge is 0.456 e. The quantitative estimate of drug-likeness (QED) is 0.230. The van der Waals surface area contributed by atoms with Crippen molar-refractivity contribution < 1.29 is 8.83 Å². The summed E-state index contributed by atoms with van der Waals surface area (Å²) in [5.74, 6) is 0.601. The van der Waals surface area contributed by atoms with Crippen LogP contribution in [0, 0.1) is 0 Å². The van der Waals surface area contributed by atoms with Gasteiger partial charge in [0.2, 0.25) is 5.89 Å². The van der Waals surface area contributed by atoms with Gasteiger partial charge in [0, 0.05) is 27.4 Å². The second-order valence-corrected chi connectivity index (χ2v) is 10.4. The van der Waals surface area contributed by atoms with Crippen LogP contribution in [-0.4, -0.2) is 9.55 Å². The van der Waals surface area contributed by atoms with Gasteiger partial charge in [-0.3, -0.25) is 0 Å². The number of benzene rings is 6. The molecule has 0 amide bonds. The first-order valence-corrected chi connectivity index (χ1v) is 13.7. The van der Waals surface area contributed by atoms with E-state index in [2.05, 4.69) is 108 Å². The van der Waals surface area contributed by atoms with Crippen molar-refractivity contribution in [2.45, 2.75) is 0 Å². The Morgan fingerprint density at radius 3 is 2.02 bits per heavy atom. The average Bonchev–Trinajstić information content (AvgIpc) is 3.72. The fourth-order valence-corrected chi connectivity index (χ4v) is 6.14. The molecule has 0 saturated heterocycles. The zero-order valence-electron chi connectivity index (χ0n) is 21.9. The predicted octanol–water partition coefficient (Wildman–Crippen LogP) is 10.2. The van der Waals surface area contributed by atoms with E-state index in [0.29, 0.717) is 5.89 Å². The lowest BCUT2D eigenvalue weighted by Gasteiger charge is -2.09. The summed E-state index contributed by atoms with van der Waals surface area (Å²) in [6.07, 6.45) is 0. The first kappa shape index (κ1) is 22.2. The van der Waals surface area contributed by atoms with Gasteiger partial charge in [0.05, 0.1) is 16.4 Å². The molecule has 41 heavy (non-hydrogen) atoms. The number of hydrogen-bond donors (Lipinski definition) is 0. The van der Waals surface area contributed by atoms with Crippen molar-refractivity contribution in [3.8, 4) is 28.3 Å². The van der Waals surface area contributed by atoms with Gasteiger partial charge in [-0.05, 0) is 65.7 Å². The SMILES string of the molecule is c1ccc(-n2c3ccccc3c3ccc(-c4ccc(-c5nc6c(ccc7oc8ccccc8c76)o5)cc4)cc32)cc1. The minimum absolute atomic E-state index is 0.601. The summed E-state index contributed by atoms with van der Waals surface area (Å²) >= 11 is 0. The summed E-state index contributed by atoms with van der Waals surface area (Å²) in [5, 5.41) is 4.54. The molecule has 192 valence electrons. The number of furan rings is 1. The maximum absolute atomic E-state index is 6.23. The zero-order valence-corrected chi connectivity index (χ0v) is 21.9. The highest BCUT2D eigenvalue weighted by molar-refractivity contribution is 6.16. The van der Waals surface area contributed by atoms with Crippen LogP contribution in [-0.2, 0) is 0 Å². The molecular formula is C37H22N2O2. The molecule has 3 heterocycles. The maximum atomic E-state index is 6.23. The van der Waals surface area contributed by atoms with Crippen molar-refractivity contribution in [1.82, 2.24) is 9.55 Å². The molecule has 0 fully saturated rings. The van der Waals surface area contributed by atoms with E-state index in [-0.39, 0.29) is 0 Å². The van der Waals surface area contributed by atoms with Crippen LogP contribution < -0.4 is 0 Å². The zero-order chi connectivity index (χ0) is 26.9. The number of para-hydroxylation sites is 3. The minimum Gasteiger partial charge on any atom is -0.456 e. The lowest BCUT2D eigenvalue weighted by Crippen LogP contribution is -1.93. The van der Waals surface area contributed by atoms with E-state index in [0.717, 1.165) is 55.4 Å². The Morgan fingerprint density at radius 1 is 0.463 bits per heavy atom. The number of rotatable bonds is 3. The fraction of sp³-hybridized carbons (Fsp3) is 0. The van der Waals surface area contributed by atoms with E-state index >= 15 is 0 Å². The predicted molar refractivity (Wildman–Crippen MR) is 166 cm³/mol. The Labute approximate surface area is 234 Å². The Kier molecular flexibility index (Phi) is 4.58. The van der Waals surface area contributed by atoms with Crippen molar-refractivity contribution >= 4 is 54.8 Å². The Morgan fingerprint density at radius 2 is 1.15 bits per heavy atom. The third-order valence-corrected chi connectivity index (χ3v) is 8.05. The molecule has 0 aliphatic heterocycles. The Balaban J connectivity index is 1.15. The van der Waals surface area contributed by atoms with E-state index in [1.807, 2.05) is 30.3 Å². The molecule has 4 heteroatoms. The van der Waals surface area contributed by atoms with Crippen LogP contribution in [0.3, 0.4) is 0 Å². The molecular weight excluding hydrogens is 504 g/mol. The van der Waals surface area contributed by atoms with E-state index in [1.165, 1.54) is 21.8 Å². The number of oxazole rings is 1. The van der Waals surface area contributed by atoms with E-state index in [1.54, 1.807) is 0 Å². The molecule has 0 bridgehead atoms. The van der Waals surface area contributed by atoms with Crippen molar-refractivity contribution in [2.75, 3.05) is 0 Å². The highest BCUT2D eigenvalue weighted by Gasteiger charge is 2.17. The van der Waals surface area contributed by atoms with Crippen molar-refractivity contribution in [3.05, 3.63) is 133 Å². The van der Waals surface area contributed by atoms with Crippen LogP contribution in [0.15, 0.2) is 142 Å². The minimum atomic E-state index is 0.601. The molecule has 4 nitrogen and oxygen atoms in total. The van der Waals surface area contributed by atoms with Gasteiger partial charge in [0.15, 0.2) is 5.58 Å². The van der Waals surface area contributed by atoms with E-state index in [4.69, 9.17) is 13.8 Å². The van der Waals surface area contributed by atoms with Crippen LogP contribution in [0.4, 0.5) is 0 Å². The molecule has 0 N–H and O–H groups in total. The summed E-state index contributed by atoms with van der Waals surface area (Å²) in [6.45, 7) is 0. The third-order valence-electron chi connectivity index (χ3n) is 8.05. The van der Waals surface area contributed by atoms with Crippen LogP contribution >= 0.6 is 0 Å². The van der Waals surface area contributed by atoms with Gasteiger partial charge in [0.25, 0.3) is 0 Å². The number of hydrogen-bond acceptors (Lipinski definition) is 3. The standard InChI is InChI=1S/C37H22N2O2/c1-2-8-26(9-3-1)39-30-12-6-4-10-27(30)28-19-18-25(22-31(28)39)23-14-16-24(17-15-23)37-38-36-34(41-37)21-20-33-35(36)29-11-5-7-13-32(29)40-33/h1-22H. The van der Waals surface area contributed by atoms with Gasteiger partial charge in [-0.25, -0.2) is 4.98 Å². The second kappa shape index (κ2) is 8.44. The first-order valence-electron chi connectivity index (χ1n) is 13.7. The van der Waals surface area contributed by atoms with E-state index < -0.39 is 0 Å². The lowest BCUT2D eigenvalue weighted by molar-refractivity contribution is 0.619. The van der Waals surface area contributed by atoms with Gasteiger partial charge >= 0.3 is 0 Å². The summed E-state index contributed by atoms with van der Waals surface area (Å²) in [6, 6.07) is 46.3. The third kappa shape index (κ3) is 3.31. The molecule has 0 saturated carbocycles. The Bertz CT molecular complexity index is 2410. The molecule has 0 radical (unpaired) electrons. The average molecular weight is 527 g/mol. The van der Waals surface area contributed by atoms with Crippen LogP contribution in [0.5, 0.6) is 0 Å². The molecule has 6 aromatic carbocycles. The molecule has 0 atom stereocenters. The van der Waals surface area contributed by atoms with Crippen molar-refractivity contribution in [2.24, 2.45) is 0 Å². The van der Waals surface area contributed by atoms with Crippen molar-refractivity contribution in [1.29, 1.82) is 0 Å². The molecule has 0 unspecified atom stereocenters. The highest BCUT2D eigenvalue weighted by atomic mass is 16.4. The summed E-state index contributed by atoms with van der Waals surface area (Å²) in [4.78, 5) is 4.92. The number of nitrogens with zero attached hydrogens (tertiary/aromatic N) is 2. The second-order valence-electron chi connectivity index (χ2n) is 10.4. The van der Waals surface area contributed by atoms with Crippen LogP contribution in [0.1, 0.15) is 0 Å². The van der Waals surface area contributed by atoms with E-state index in [9.17, 15) is 0 Å². The smallest absolute Gasteiger partial charge is 0.227 e. The molecule has 9 aromatic rings. The van der Waals surface area contributed by atoms with Gasteiger partial charge in [-0.15, -0.1) is 0 Å². The summed E-state index contributed by atoms with van der Waals surface area (Å²) < 4.78 is 14.6. The summed E-state index contributed by atoms with van der Waals surface area (Å²) in [5.41, 5.74) is 10.0. The summed E-state index contributed by atoms with van der Waals surface area (Å²) in [7, 11) is 0. The molecule has 3 aromatic heterocycles. The van der Waals surface area contributed by atoms with Crippen LogP contribution in [0.25, 0.3) is 83.1 Å². The first-order chi connectivity index (χ1) is 20.3. The van der Waals surface area contributed by atoms with Crippen LogP contribution in [0.2, 0.25) is 0 Å². The molecule has 9 rings (SSSR count). The molecule has 0 aliphatic carbocycles. The van der Waals surface area contributed by atoms with Gasteiger partial charge in [-0.1, -0.05) is 78.9 Å². The van der Waals surface area contributed by atoms with Gasteiger partial charge in [0.1, 0.15) is 16.7 Å². The Hall–Kier alpha value is -5.61. The normalized spacial score (nSPS) is 11.9.